The molecule has 30 heavy (non-hydrogen) atoms. The largest absolute Gasteiger partial charge is 0.342 e. The van der Waals surface area contributed by atoms with Crippen LogP contribution in [0.15, 0.2) is 29.1 Å². The third kappa shape index (κ3) is 3.94. The number of nitrogens with zero attached hydrogens (tertiary/aromatic N) is 2. The fourth-order valence-electron chi connectivity index (χ4n) is 4.12. The molecule has 1 aromatic heterocycles. The summed E-state index contributed by atoms with van der Waals surface area (Å²) >= 11 is 0. The van der Waals surface area contributed by atoms with Gasteiger partial charge in [-0.2, -0.15) is 4.98 Å². The second-order valence-electron chi connectivity index (χ2n) is 8.13. The Morgan fingerprint density at radius 2 is 1.97 bits per heavy atom. The summed E-state index contributed by atoms with van der Waals surface area (Å²) < 4.78 is 0. The number of hydrogen-bond acceptors (Lipinski definition) is 5. The van der Waals surface area contributed by atoms with E-state index in [1.54, 1.807) is 0 Å². The zero-order valence-electron chi connectivity index (χ0n) is 17.3. The van der Waals surface area contributed by atoms with Gasteiger partial charge >= 0.3 is 0 Å². The molecule has 158 valence electrons. The van der Waals surface area contributed by atoms with E-state index in [9.17, 15) is 14.4 Å². The normalized spacial score (nSPS) is 19.2. The van der Waals surface area contributed by atoms with Gasteiger partial charge in [0.05, 0.1) is 11.5 Å². The first-order chi connectivity index (χ1) is 14.5. The number of nitrogens with one attached hydrogen (secondary N) is 3. The number of fused-ring (bicyclic) bond motifs is 1. The lowest BCUT2D eigenvalue weighted by molar-refractivity contribution is -0.123. The molecule has 2 aromatic rings. The smallest absolute Gasteiger partial charge is 0.258 e. The number of para-hydroxylation sites is 1. The molecule has 2 amide bonds. The van der Waals surface area contributed by atoms with E-state index in [-0.39, 0.29) is 35.2 Å². The van der Waals surface area contributed by atoms with Crippen molar-refractivity contribution in [2.24, 2.45) is 5.92 Å². The van der Waals surface area contributed by atoms with Crippen molar-refractivity contribution < 1.29 is 9.59 Å². The highest BCUT2D eigenvalue weighted by molar-refractivity contribution is 6.04. The number of benzene rings is 1. The van der Waals surface area contributed by atoms with Crippen LogP contribution in [0, 0.1) is 5.92 Å². The van der Waals surface area contributed by atoms with Gasteiger partial charge in [-0.1, -0.05) is 32.0 Å². The van der Waals surface area contributed by atoms with Crippen LogP contribution in [0.25, 0.3) is 0 Å². The Morgan fingerprint density at radius 3 is 2.70 bits per heavy atom. The van der Waals surface area contributed by atoms with Crippen molar-refractivity contribution in [3.05, 3.63) is 45.7 Å². The highest BCUT2D eigenvalue weighted by Gasteiger charge is 2.35. The number of amides is 2. The monoisotopic (exact) mass is 409 g/mol. The van der Waals surface area contributed by atoms with Crippen molar-refractivity contribution in [3.8, 4) is 0 Å². The molecule has 4 rings (SSSR count). The molecule has 0 aliphatic carbocycles. The topological polar surface area (TPSA) is 107 Å². The second-order valence-corrected chi connectivity index (χ2v) is 8.13. The molecule has 1 saturated heterocycles. The van der Waals surface area contributed by atoms with Gasteiger partial charge in [0.15, 0.2) is 0 Å². The summed E-state index contributed by atoms with van der Waals surface area (Å²) in [6, 6.07) is 7.52. The molecule has 2 aliphatic heterocycles. The lowest BCUT2D eigenvalue weighted by atomic mass is 9.92. The van der Waals surface area contributed by atoms with Gasteiger partial charge in [0, 0.05) is 25.2 Å². The maximum Gasteiger partial charge on any atom is 0.258 e. The van der Waals surface area contributed by atoms with Gasteiger partial charge in [0.25, 0.3) is 5.56 Å². The molecule has 1 atom stereocenters. The zero-order valence-corrected chi connectivity index (χ0v) is 17.3. The quantitative estimate of drug-likeness (QED) is 0.720. The van der Waals surface area contributed by atoms with Gasteiger partial charge in [-0.05, 0) is 36.8 Å². The van der Waals surface area contributed by atoms with Crippen LogP contribution in [0.1, 0.15) is 50.2 Å². The van der Waals surface area contributed by atoms with Gasteiger partial charge in [0.1, 0.15) is 5.82 Å². The summed E-state index contributed by atoms with van der Waals surface area (Å²) in [6.07, 6.45) is 2.72. The Labute approximate surface area is 175 Å². The Bertz CT molecular complexity index is 1020. The van der Waals surface area contributed by atoms with Crippen LogP contribution in [0.2, 0.25) is 0 Å². The molecular weight excluding hydrogens is 382 g/mol. The van der Waals surface area contributed by atoms with Crippen molar-refractivity contribution in [3.63, 3.8) is 0 Å². The molecule has 1 fully saturated rings. The molecule has 2 aliphatic rings. The summed E-state index contributed by atoms with van der Waals surface area (Å²) in [6.45, 7) is 5.81. The molecule has 8 nitrogen and oxygen atoms in total. The van der Waals surface area contributed by atoms with Crippen molar-refractivity contribution in [1.82, 2.24) is 9.97 Å². The second kappa shape index (κ2) is 8.30. The van der Waals surface area contributed by atoms with Gasteiger partial charge < -0.3 is 15.5 Å². The van der Waals surface area contributed by atoms with Crippen LogP contribution in [0.5, 0.6) is 0 Å². The van der Waals surface area contributed by atoms with Gasteiger partial charge in [0.2, 0.25) is 17.8 Å². The Kier molecular flexibility index (Phi) is 5.57. The first-order valence-electron chi connectivity index (χ1n) is 10.5. The molecule has 0 radical (unpaired) electrons. The van der Waals surface area contributed by atoms with E-state index >= 15 is 0 Å². The molecule has 0 spiro atoms. The number of aromatic amines is 1. The van der Waals surface area contributed by atoms with Crippen LogP contribution in [0.3, 0.4) is 0 Å². The fourth-order valence-corrected chi connectivity index (χ4v) is 4.12. The first kappa shape index (κ1) is 20.1. The summed E-state index contributed by atoms with van der Waals surface area (Å²) in [5.74, 6) is -0.299. The van der Waals surface area contributed by atoms with E-state index in [1.165, 1.54) is 0 Å². The van der Waals surface area contributed by atoms with Crippen LogP contribution in [0.4, 0.5) is 17.5 Å². The number of rotatable bonds is 4. The number of piperidine rings is 1. The van der Waals surface area contributed by atoms with E-state index < -0.39 is 5.92 Å². The average Bonchev–Trinajstić information content (AvgIpc) is 2.73. The van der Waals surface area contributed by atoms with Crippen molar-refractivity contribution in [1.29, 1.82) is 0 Å². The average molecular weight is 409 g/mol. The highest BCUT2D eigenvalue weighted by Crippen LogP contribution is 2.31. The van der Waals surface area contributed by atoms with Gasteiger partial charge in [-0.25, -0.2) is 0 Å². The number of aryl methyl sites for hydroxylation is 1. The number of anilines is 3. The molecular formula is C22H27N5O3. The summed E-state index contributed by atoms with van der Waals surface area (Å²) in [5.41, 5.74) is 1.53. The van der Waals surface area contributed by atoms with Crippen LogP contribution >= 0.6 is 0 Å². The van der Waals surface area contributed by atoms with Gasteiger partial charge in [-0.3, -0.25) is 19.4 Å². The van der Waals surface area contributed by atoms with Crippen molar-refractivity contribution >= 4 is 29.3 Å². The zero-order chi connectivity index (χ0) is 21.3. The van der Waals surface area contributed by atoms with E-state index in [2.05, 4.69) is 27.5 Å². The highest BCUT2D eigenvalue weighted by atomic mass is 16.2. The van der Waals surface area contributed by atoms with E-state index in [4.69, 9.17) is 0 Å². The van der Waals surface area contributed by atoms with Gasteiger partial charge in [-0.15, -0.1) is 0 Å². The summed E-state index contributed by atoms with van der Waals surface area (Å²) in [5, 5.41) is 5.58. The Hall–Kier alpha value is -3.16. The molecule has 1 aromatic carbocycles. The molecule has 0 saturated carbocycles. The number of aromatic nitrogens is 2. The van der Waals surface area contributed by atoms with Crippen LogP contribution < -0.4 is 21.1 Å². The molecule has 3 heterocycles. The minimum atomic E-state index is -0.884. The van der Waals surface area contributed by atoms with E-state index in [1.807, 2.05) is 36.1 Å². The maximum absolute atomic E-state index is 13.0. The lowest BCUT2D eigenvalue weighted by Crippen LogP contribution is -2.39. The molecule has 3 N–H and O–H groups in total. The lowest BCUT2D eigenvalue weighted by Gasteiger charge is -2.31. The van der Waals surface area contributed by atoms with E-state index in [0.717, 1.165) is 37.9 Å². The fraction of sp³-hybridized carbons (Fsp3) is 0.455. The standard InChI is InChI=1S/C22H27N5O3/c1-3-14-6-4-5-7-16(14)23-20(29)15-12-17(28)24-19-18(15)21(30)26-22(25-19)27-10-8-13(2)9-11-27/h4-7,13,15H,3,8-12H2,1-2H3,(H,23,29)(H2,24,25,26,28,30)/t15-/m1/s1. The van der Waals surface area contributed by atoms with Crippen molar-refractivity contribution in [2.45, 2.75) is 45.4 Å². The first-order valence-corrected chi connectivity index (χ1v) is 10.5. The van der Waals surface area contributed by atoms with Crippen LogP contribution in [-0.2, 0) is 16.0 Å². The number of H-pyrrole nitrogens is 1. The third-order valence-electron chi connectivity index (χ3n) is 5.99. The molecule has 8 heteroatoms. The minimum absolute atomic E-state index is 0.0849. The Morgan fingerprint density at radius 1 is 1.23 bits per heavy atom. The Balaban J connectivity index is 1.64. The summed E-state index contributed by atoms with van der Waals surface area (Å²) in [7, 11) is 0. The van der Waals surface area contributed by atoms with E-state index in [0.29, 0.717) is 17.6 Å². The summed E-state index contributed by atoms with van der Waals surface area (Å²) in [4.78, 5) is 47.6. The predicted molar refractivity (Wildman–Crippen MR) is 116 cm³/mol. The van der Waals surface area contributed by atoms with Crippen LogP contribution in [-0.4, -0.2) is 34.9 Å². The minimum Gasteiger partial charge on any atom is -0.342 e. The number of carbonyl (C=O) groups is 2. The number of hydrogen-bond donors (Lipinski definition) is 3. The molecule has 0 unspecified atom stereocenters. The SMILES string of the molecule is CCc1ccccc1NC(=O)[C@@H]1CC(=O)Nc2nc(N3CCC(C)CC3)[nH]c(=O)c21. The third-order valence-corrected chi connectivity index (χ3v) is 5.99. The van der Waals surface area contributed by atoms with Crippen molar-refractivity contribution in [2.75, 3.05) is 28.6 Å². The number of carbonyl (C=O) groups excluding carboxylic acids is 2. The molecule has 0 bridgehead atoms. The maximum atomic E-state index is 13.0. The predicted octanol–water partition coefficient (Wildman–Crippen LogP) is 2.63.